The first-order chi connectivity index (χ1) is 19.6. The van der Waals surface area contributed by atoms with Crippen molar-refractivity contribution in [2.24, 2.45) is 0 Å². The molecule has 0 atom stereocenters. The highest BCUT2D eigenvalue weighted by Gasteiger charge is 2.24. The summed E-state index contributed by atoms with van der Waals surface area (Å²) < 4.78 is 22.7. The smallest absolute Gasteiger partial charge is 0.264 e. The molecule has 3 aromatic rings. The largest absolute Gasteiger partial charge is 0.493 e. The van der Waals surface area contributed by atoms with Gasteiger partial charge in [0.05, 0.1) is 7.11 Å². The Morgan fingerprint density at radius 3 is 2.55 bits per heavy atom. The number of allylic oxidation sites excluding steroid dienone is 1. The van der Waals surface area contributed by atoms with E-state index in [0.29, 0.717) is 67.8 Å². The first-order valence-electron chi connectivity index (χ1n) is 13.1. The third kappa shape index (κ3) is 5.89. The van der Waals surface area contributed by atoms with E-state index in [1.165, 1.54) is 0 Å². The number of carbonyl (C=O) groups is 1. The molecule has 1 fully saturated rings. The van der Waals surface area contributed by atoms with Crippen molar-refractivity contribution >= 4 is 17.7 Å². The predicted molar refractivity (Wildman–Crippen MR) is 153 cm³/mol. The van der Waals surface area contributed by atoms with Gasteiger partial charge in [0, 0.05) is 37.4 Å². The Hall–Kier alpha value is -4.90. The minimum atomic E-state index is -0.275. The fraction of sp³-hybridized carbons (Fsp3) is 0.250. The molecule has 0 bridgehead atoms. The van der Waals surface area contributed by atoms with Gasteiger partial charge in [-0.2, -0.15) is 5.26 Å². The van der Waals surface area contributed by atoms with Crippen LogP contribution in [-0.4, -0.2) is 50.9 Å². The number of ether oxygens (including phenoxy) is 4. The molecule has 204 valence electrons. The van der Waals surface area contributed by atoms with Gasteiger partial charge in [0.1, 0.15) is 18.2 Å². The minimum absolute atomic E-state index is 0.0776. The zero-order valence-corrected chi connectivity index (χ0v) is 22.5. The molecule has 40 heavy (non-hydrogen) atoms. The first kappa shape index (κ1) is 26.7. The SMILES string of the molecule is C=CCc1cc(/C=C(/C#N)C(=O)N2CCN(c3ccccc3)CC2)cc(OC)c1OCc1ccc2c(c1)OCO2. The average molecular weight is 538 g/mol. The van der Waals surface area contributed by atoms with Crippen molar-refractivity contribution in [2.75, 3.05) is 45.0 Å². The standard InChI is InChI=1S/C32H31N3O5/c1-3-7-25-16-24(19-30(37-2)31(25)38-21-23-10-11-28-29(18-23)40-22-39-28)17-26(20-33)32(36)35-14-12-34(13-15-35)27-8-5-4-6-9-27/h3-6,8-11,16-19H,1,7,12-15,21-22H2,2H3/b26-17-. The van der Waals surface area contributed by atoms with Gasteiger partial charge in [-0.25, -0.2) is 0 Å². The second kappa shape index (κ2) is 12.3. The zero-order valence-electron chi connectivity index (χ0n) is 22.5. The molecule has 2 aliphatic heterocycles. The maximum absolute atomic E-state index is 13.3. The number of para-hydroxylation sites is 1. The number of fused-ring (bicyclic) bond motifs is 1. The molecular weight excluding hydrogens is 506 g/mol. The number of methoxy groups -OCH3 is 1. The van der Waals surface area contributed by atoms with Crippen LogP contribution in [0.4, 0.5) is 5.69 Å². The molecule has 0 saturated carbocycles. The number of rotatable bonds is 9. The fourth-order valence-corrected chi connectivity index (χ4v) is 4.86. The van der Waals surface area contributed by atoms with Crippen molar-refractivity contribution in [1.29, 1.82) is 5.26 Å². The molecule has 1 saturated heterocycles. The lowest BCUT2D eigenvalue weighted by atomic mass is 10.0. The highest BCUT2D eigenvalue weighted by molar-refractivity contribution is 6.02. The summed E-state index contributed by atoms with van der Waals surface area (Å²) in [7, 11) is 1.57. The maximum Gasteiger partial charge on any atom is 0.264 e. The Balaban J connectivity index is 1.32. The van der Waals surface area contributed by atoms with Crippen LogP contribution in [0.5, 0.6) is 23.0 Å². The highest BCUT2D eigenvalue weighted by atomic mass is 16.7. The summed E-state index contributed by atoms with van der Waals surface area (Å²) in [5, 5.41) is 9.88. The summed E-state index contributed by atoms with van der Waals surface area (Å²) in [6, 6.07) is 21.6. The van der Waals surface area contributed by atoms with Gasteiger partial charge in [-0.15, -0.1) is 6.58 Å². The number of hydrogen-bond acceptors (Lipinski definition) is 7. The molecule has 8 nitrogen and oxygen atoms in total. The van der Waals surface area contributed by atoms with Gasteiger partial charge in [0.2, 0.25) is 6.79 Å². The Bertz CT molecular complexity index is 1450. The van der Waals surface area contributed by atoms with Gasteiger partial charge in [-0.3, -0.25) is 4.79 Å². The van der Waals surface area contributed by atoms with Crippen LogP contribution >= 0.6 is 0 Å². The summed E-state index contributed by atoms with van der Waals surface area (Å²) in [4.78, 5) is 17.3. The van der Waals surface area contributed by atoms with Crippen molar-refractivity contribution in [3.05, 3.63) is 95.6 Å². The second-order valence-electron chi connectivity index (χ2n) is 9.47. The van der Waals surface area contributed by atoms with Crippen LogP contribution in [0.15, 0.2) is 78.9 Å². The van der Waals surface area contributed by atoms with Crippen molar-refractivity contribution in [3.8, 4) is 29.1 Å². The van der Waals surface area contributed by atoms with E-state index in [4.69, 9.17) is 18.9 Å². The number of nitrogens with zero attached hydrogens (tertiary/aromatic N) is 3. The summed E-state index contributed by atoms with van der Waals surface area (Å²) in [5.74, 6) is 2.22. The third-order valence-corrected chi connectivity index (χ3v) is 6.91. The molecule has 8 heteroatoms. The average Bonchev–Trinajstić information content (AvgIpc) is 3.47. The van der Waals surface area contributed by atoms with Gasteiger partial charge in [0.15, 0.2) is 23.0 Å². The van der Waals surface area contributed by atoms with Crippen LogP contribution in [-0.2, 0) is 17.8 Å². The predicted octanol–water partition coefficient (Wildman–Crippen LogP) is 4.99. The number of anilines is 1. The Kier molecular flexibility index (Phi) is 8.21. The van der Waals surface area contributed by atoms with Gasteiger partial charge in [0.25, 0.3) is 5.91 Å². The van der Waals surface area contributed by atoms with E-state index >= 15 is 0 Å². The highest BCUT2D eigenvalue weighted by Crippen LogP contribution is 2.36. The molecule has 0 unspecified atom stereocenters. The van der Waals surface area contributed by atoms with Gasteiger partial charge >= 0.3 is 0 Å². The van der Waals surface area contributed by atoms with Crippen molar-refractivity contribution in [3.63, 3.8) is 0 Å². The zero-order chi connectivity index (χ0) is 27.9. The van der Waals surface area contributed by atoms with Crippen LogP contribution in [0.1, 0.15) is 16.7 Å². The number of nitriles is 1. The van der Waals surface area contributed by atoms with E-state index in [-0.39, 0.29) is 18.3 Å². The Labute approximate surface area is 234 Å². The molecule has 3 aromatic carbocycles. The molecule has 2 aliphatic rings. The quantitative estimate of drug-likeness (QED) is 0.216. The number of hydrogen-bond donors (Lipinski definition) is 0. The molecule has 1 amide bonds. The van der Waals surface area contributed by atoms with E-state index in [2.05, 4.69) is 29.7 Å². The van der Waals surface area contributed by atoms with E-state index in [1.54, 1.807) is 30.2 Å². The van der Waals surface area contributed by atoms with Crippen molar-refractivity contribution in [2.45, 2.75) is 13.0 Å². The van der Waals surface area contributed by atoms with Crippen LogP contribution < -0.4 is 23.8 Å². The molecule has 5 rings (SSSR count). The molecule has 0 N–H and O–H groups in total. The monoisotopic (exact) mass is 537 g/mol. The van der Waals surface area contributed by atoms with Crippen molar-refractivity contribution < 1.29 is 23.7 Å². The number of piperazine rings is 1. The number of benzene rings is 3. The van der Waals surface area contributed by atoms with Gasteiger partial charge in [-0.05, 0) is 60.0 Å². The summed E-state index contributed by atoms with van der Waals surface area (Å²) in [6.45, 7) is 6.89. The lowest BCUT2D eigenvalue weighted by molar-refractivity contribution is -0.126. The molecule has 0 spiro atoms. The molecule has 2 heterocycles. The second-order valence-corrected chi connectivity index (χ2v) is 9.47. The molecule has 0 aromatic heterocycles. The fourth-order valence-electron chi connectivity index (χ4n) is 4.86. The topological polar surface area (TPSA) is 84.3 Å². The minimum Gasteiger partial charge on any atom is -0.493 e. The molecule has 0 radical (unpaired) electrons. The van der Waals surface area contributed by atoms with Crippen LogP contribution in [0.25, 0.3) is 6.08 Å². The van der Waals surface area contributed by atoms with E-state index in [9.17, 15) is 10.1 Å². The Morgan fingerprint density at radius 2 is 1.82 bits per heavy atom. The summed E-state index contributed by atoms with van der Waals surface area (Å²) in [6.07, 6.45) is 3.91. The van der Waals surface area contributed by atoms with Crippen LogP contribution in [0.3, 0.4) is 0 Å². The van der Waals surface area contributed by atoms with E-state index < -0.39 is 0 Å². The van der Waals surface area contributed by atoms with Crippen LogP contribution in [0, 0.1) is 11.3 Å². The Morgan fingerprint density at radius 1 is 1.05 bits per heavy atom. The van der Waals surface area contributed by atoms with E-state index in [1.807, 2.05) is 42.5 Å². The summed E-state index contributed by atoms with van der Waals surface area (Å²) in [5.41, 5.74) is 3.64. The third-order valence-electron chi connectivity index (χ3n) is 6.91. The van der Waals surface area contributed by atoms with Gasteiger partial charge in [-0.1, -0.05) is 30.3 Å². The first-order valence-corrected chi connectivity index (χ1v) is 13.1. The molecular formula is C32H31N3O5. The lowest BCUT2D eigenvalue weighted by Crippen LogP contribution is -2.49. The summed E-state index contributed by atoms with van der Waals surface area (Å²) >= 11 is 0. The maximum atomic E-state index is 13.3. The number of carbonyl (C=O) groups excluding carboxylic acids is 1. The van der Waals surface area contributed by atoms with Crippen LogP contribution in [0.2, 0.25) is 0 Å². The lowest BCUT2D eigenvalue weighted by Gasteiger charge is -2.36. The number of amides is 1. The van der Waals surface area contributed by atoms with Crippen molar-refractivity contribution in [1.82, 2.24) is 4.90 Å². The normalized spacial score (nSPS) is 14.4. The van der Waals surface area contributed by atoms with Gasteiger partial charge < -0.3 is 28.7 Å². The molecule has 0 aliphatic carbocycles. The van der Waals surface area contributed by atoms with E-state index in [0.717, 1.165) is 16.8 Å².